The Morgan fingerprint density at radius 1 is 0.311 bits per heavy atom. The van der Waals surface area contributed by atoms with Gasteiger partial charge in [0.1, 0.15) is 13.2 Å². The molecule has 0 rings (SSSR count). The molecule has 0 aromatic heterocycles. The zero-order valence-electron chi connectivity index (χ0n) is 40.9. The fourth-order valence-corrected chi connectivity index (χ4v) is 7.83. The Balaban J connectivity index is 4.32. The van der Waals surface area contributed by atoms with Gasteiger partial charge in [-0.1, -0.05) is 231 Å². The van der Waals surface area contributed by atoms with Gasteiger partial charge in [-0.15, -0.1) is 0 Å². The van der Waals surface area contributed by atoms with Gasteiger partial charge >= 0.3 is 17.9 Å². The highest BCUT2D eigenvalue weighted by Crippen LogP contribution is 2.16. The summed E-state index contributed by atoms with van der Waals surface area (Å²) < 4.78 is 16.8. The van der Waals surface area contributed by atoms with Crippen LogP contribution >= 0.6 is 0 Å². The van der Waals surface area contributed by atoms with Crippen molar-refractivity contribution < 1.29 is 28.6 Å². The molecular formula is C55H102O6. The Kier molecular flexibility index (Phi) is 48.8. The highest BCUT2D eigenvalue weighted by Gasteiger charge is 2.19. The second-order valence-electron chi connectivity index (χ2n) is 18.1. The Hall–Kier alpha value is -2.11. The number of unbranched alkanes of at least 4 members (excludes halogenated alkanes) is 34. The Bertz CT molecular complexity index is 989. The van der Waals surface area contributed by atoms with Crippen LogP contribution < -0.4 is 0 Å². The molecule has 0 bridgehead atoms. The van der Waals surface area contributed by atoms with Crippen molar-refractivity contribution in [2.45, 2.75) is 297 Å². The van der Waals surface area contributed by atoms with Gasteiger partial charge in [0, 0.05) is 19.3 Å². The van der Waals surface area contributed by atoms with Crippen LogP contribution in [0.4, 0.5) is 0 Å². The molecule has 1 atom stereocenters. The van der Waals surface area contributed by atoms with Crippen LogP contribution in [0.5, 0.6) is 0 Å². The molecule has 0 aliphatic rings. The van der Waals surface area contributed by atoms with Crippen molar-refractivity contribution in [1.82, 2.24) is 0 Å². The van der Waals surface area contributed by atoms with Crippen molar-refractivity contribution in [1.29, 1.82) is 0 Å². The highest BCUT2D eigenvalue weighted by molar-refractivity contribution is 5.71. The van der Waals surface area contributed by atoms with Gasteiger partial charge in [-0.05, 0) is 64.2 Å². The van der Waals surface area contributed by atoms with Gasteiger partial charge in [0.05, 0.1) is 0 Å². The number of allylic oxidation sites excluding steroid dienone is 4. The average molecular weight is 859 g/mol. The average Bonchev–Trinajstić information content (AvgIpc) is 3.26. The maximum Gasteiger partial charge on any atom is 0.306 e. The summed E-state index contributed by atoms with van der Waals surface area (Å²) in [5.74, 6) is -0.877. The minimum atomic E-state index is -0.772. The van der Waals surface area contributed by atoms with E-state index in [1.807, 2.05) is 0 Å². The maximum atomic E-state index is 12.8. The summed E-state index contributed by atoms with van der Waals surface area (Å²) in [6.45, 7) is 6.62. The number of hydrogen-bond acceptors (Lipinski definition) is 6. The maximum absolute atomic E-state index is 12.8. The third-order valence-electron chi connectivity index (χ3n) is 11.9. The third kappa shape index (κ3) is 48.8. The molecule has 6 heteroatoms. The van der Waals surface area contributed by atoms with Crippen molar-refractivity contribution in [2.75, 3.05) is 13.2 Å². The Labute approximate surface area is 379 Å². The second-order valence-corrected chi connectivity index (χ2v) is 18.1. The first kappa shape index (κ1) is 58.9. The molecule has 6 nitrogen and oxygen atoms in total. The van der Waals surface area contributed by atoms with E-state index < -0.39 is 6.10 Å². The van der Waals surface area contributed by atoms with Crippen LogP contribution in [0.15, 0.2) is 24.3 Å². The zero-order valence-corrected chi connectivity index (χ0v) is 40.9. The molecule has 0 fully saturated rings. The second kappa shape index (κ2) is 50.5. The number of rotatable bonds is 49. The van der Waals surface area contributed by atoms with E-state index in [-0.39, 0.29) is 31.1 Å². The molecule has 0 aromatic carbocycles. The lowest BCUT2D eigenvalue weighted by atomic mass is 10.0. The van der Waals surface area contributed by atoms with Crippen molar-refractivity contribution in [3.63, 3.8) is 0 Å². The standard InChI is InChI=1S/C55H102O6/c1-4-7-10-13-16-19-22-24-26-27-28-29-31-33-36-39-42-45-48-54(57)60-51-52(50-59-53(56)47-44-41-38-35-32-21-18-15-12-9-6-3)61-55(58)49-46-43-40-37-34-30-25-23-20-17-14-11-8-5-2/h15,18,28-29,52H,4-14,16-17,19-27,30-51H2,1-3H3/b18-15-,29-28-. The van der Waals surface area contributed by atoms with E-state index >= 15 is 0 Å². The predicted molar refractivity (Wildman–Crippen MR) is 261 cm³/mol. The number of hydrogen-bond donors (Lipinski definition) is 0. The van der Waals surface area contributed by atoms with Gasteiger partial charge in [-0.3, -0.25) is 14.4 Å². The topological polar surface area (TPSA) is 78.9 Å². The molecule has 0 N–H and O–H groups in total. The van der Waals surface area contributed by atoms with Crippen LogP contribution in [0.3, 0.4) is 0 Å². The number of ether oxygens (including phenoxy) is 3. The zero-order chi connectivity index (χ0) is 44.4. The first-order chi connectivity index (χ1) is 30.0. The minimum Gasteiger partial charge on any atom is -0.462 e. The van der Waals surface area contributed by atoms with Gasteiger partial charge in [-0.25, -0.2) is 0 Å². The Morgan fingerprint density at radius 3 is 0.869 bits per heavy atom. The molecule has 0 radical (unpaired) electrons. The normalized spacial score (nSPS) is 12.1. The van der Waals surface area contributed by atoms with E-state index in [0.717, 1.165) is 70.6 Å². The third-order valence-corrected chi connectivity index (χ3v) is 11.9. The Morgan fingerprint density at radius 2 is 0.557 bits per heavy atom. The SMILES string of the molecule is CCCC/C=C\CCCCCCCC(=O)OCC(COC(=O)CCCCCCC/C=C\CCCCCCCCCCC)OC(=O)CCCCCCCCCCCCCCCC. The first-order valence-electron chi connectivity index (χ1n) is 26.8. The van der Waals surface area contributed by atoms with E-state index in [2.05, 4.69) is 45.1 Å². The summed E-state index contributed by atoms with van der Waals surface area (Å²) >= 11 is 0. The van der Waals surface area contributed by atoms with Crippen LogP contribution in [-0.2, 0) is 28.6 Å². The molecule has 1 unspecified atom stereocenters. The van der Waals surface area contributed by atoms with Gasteiger partial charge in [0.25, 0.3) is 0 Å². The minimum absolute atomic E-state index is 0.0745. The lowest BCUT2D eigenvalue weighted by molar-refractivity contribution is -0.167. The summed E-state index contributed by atoms with van der Waals surface area (Å²) in [6, 6.07) is 0. The van der Waals surface area contributed by atoms with Gasteiger partial charge < -0.3 is 14.2 Å². The van der Waals surface area contributed by atoms with E-state index in [9.17, 15) is 14.4 Å². The van der Waals surface area contributed by atoms with Crippen LogP contribution in [0.25, 0.3) is 0 Å². The van der Waals surface area contributed by atoms with Gasteiger partial charge in [-0.2, -0.15) is 0 Å². The molecule has 0 heterocycles. The lowest BCUT2D eigenvalue weighted by Gasteiger charge is -2.18. The molecular weight excluding hydrogens is 757 g/mol. The van der Waals surface area contributed by atoms with Crippen molar-refractivity contribution in [2.24, 2.45) is 0 Å². The first-order valence-corrected chi connectivity index (χ1v) is 26.8. The molecule has 0 spiro atoms. The van der Waals surface area contributed by atoms with Crippen molar-refractivity contribution in [3.8, 4) is 0 Å². The highest BCUT2D eigenvalue weighted by atomic mass is 16.6. The lowest BCUT2D eigenvalue weighted by Crippen LogP contribution is -2.30. The van der Waals surface area contributed by atoms with Crippen molar-refractivity contribution >= 4 is 17.9 Å². The smallest absolute Gasteiger partial charge is 0.306 e. The number of esters is 3. The van der Waals surface area contributed by atoms with E-state index in [0.29, 0.717) is 19.3 Å². The van der Waals surface area contributed by atoms with E-state index in [1.54, 1.807) is 0 Å². The van der Waals surface area contributed by atoms with Gasteiger partial charge in [0.15, 0.2) is 6.10 Å². The van der Waals surface area contributed by atoms with Crippen LogP contribution in [0.2, 0.25) is 0 Å². The molecule has 358 valence electrons. The quantitative estimate of drug-likeness (QED) is 0.0262. The predicted octanol–water partition coefficient (Wildman–Crippen LogP) is 17.5. The van der Waals surface area contributed by atoms with Crippen LogP contribution in [0, 0.1) is 0 Å². The summed E-state index contributed by atoms with van der Waals surface area (Å²) in [4.78, 5) is 38.0. The molecule has 0 aliphatic heterocycles. The summed E-state index contributed by atoms with van der Waals surface area (Å²) in [5.41, 5.74) is 0. The fraction of sp³-hybridized carbons (Fsp3) is 0.873. The van der Waals surface area contributed by atoms with E-state index in [1.165, 1.54) is 180 Å². The van der Waals surface area contributed by atoms with Crippen molar-refractivity contribution in [3.05, 3.63) is 24.3 Å². The number of carbonyl (C=O) groups is 3. The van der Waals surface area contributed by atoms with Crippen LogP contribution in [-0.4, -0.2) is 37.2 Å². The molecule has 0 aliphatic carbocycles. The summed E-state index contributed by atoms with van der Waals surface area (Å²) in [7, 11) is 0. The molecule has 0 aromatic rings. The van der Waals surface area contributed by atoms with Crippen LogP contribution in [0.1, 0.15) is 290 Å². The fourth-order valence-electron chi connectivity index (χ4n) is 7.83. The molecule has 0 saturated carbocycles. The van der Waals surface area contributed by atoms with Gasteiger partial charge in [0.2, 0.25) is 0 Å². The molecule has 0 amide bonds. The summed E-state index contributed by atoms with van der Waals surface area (Å²) in [6.07, 6.45) is 57.3. The van der Waals surface area contributed by atoms with E-state index in [4.69, 9.17) is 14.2 Å². The largest absolute Gasteiger partial charge is 0.462 e. The monoisotopic (exact) mass is 859 g/mol. The molecule has 0 saturated heterocycles. The number of carbonyl (C=O) groups excluding carboxylic acids is 3. The molecule has 61 heavy (non-hydrogen) atoms. The summed E-state index contributed by atoms with van der Waals surface area (Å²) in [5, 5.41) is 0.